The third-order valence-electron chi connectivity index (χ3n) is 4.03. The molecule has 0 aromatic heterocycles. The van der Waals surface area contributed by atoms with E-state index < -0.39 is 23.6 Å². The van der Waals surface area contributed by atoms with Gasteiger partial charge in [-0.2, -0.15) is 0 Å². The number of carbonyl (C=O) groups is 6. The number of nitrogens with zero attached hydrogens (tertiary/aromatic N) is 3. The average molecular weight is 361 g/mol. The zero-order valence-electron chi connectivity index (χ0n) is 14.3. The minimum absolute atomic E-state index is 0.00335. The van der Waals surface area contributed by atoms with Crippen molar-refractivity contribution in [3.8, 4) is 0 Å². The summed E-state index contributed by atoms with van der Waals surface area (Å²) >= 11 is 0. The van der Waals surface area contributed by atoms with Gasteiger partial charge in [-0.1, -0.05) is 0 Å². The van der Waals surface area contributed by atoms with Crippen LogP contribution in [0.2, 0.25) is 0 Å². The van der Waals surface area contributed by atoms with Crippen molar-refractivity contribution in [2.24, 2.45) is 0 Å². The van der Waals surface area contributed by atoms with E-state index in [1.807, 2.05) is 0 Å². The smallest absolute Gasteiger partial charge is 0.253 e. The Kier molecular flexibility index (Phi) is 6.16. The molecule has 0 aliphatic carbocycles. The molecular weight excluding hydrogens is 342 g/mol. The Balaban J connectivity index is 1.96. The zero-order valence-corrected chi connectivity index (χ0v) is 14.3. The van der Waals surface area contributed by atoms with Crippen LogP contribution in [0, 0.1) is 0 Å². The highest BCUT2D eigenvalue weighted by molar-refractivity contribution is 6.13. The fourth-order valence-electron chi connectivity index (χ4n) is 2.55. The maximum atomic E-state index is 12.3. The first-order chi connectivity index (χ1) is 12.3. The molecule has 2 aliphatic rings. The summed E-state index contributed by atoms with van der Waals surface area (Å²) in [5.74, 6) is -2.32. The highest BCUT2D eigenvalue weighted by atomic mass is 16.2. The predicted molar refractivity (Wildman–Crippen MR) is 88.2 cm³/mol. The fraction of sp³-hybridized carbons (Fsp3) is 0.412. The molecule has 2 aliphatic heterocycles. The quantitative estimate of drug-likeness (QED) is 0.489. The van der Waals surface area contributed by atoms with Crippen LogP contribution < -0.4 is 0 Å². The van der Waals surface area contributed by atoms with Gasteiger partial charge < -0.3 is 9.69 Å². The summed E-state index contributed by atoms with van der Waals surface area (Å²) in [5, 5.41) is 0. The molecule has 0 spiro atoms. The Hall–Kier alpha value is -3.10. The van der Waals surface area contributed by atoms with Crippen molar-refractivity contribution in [1.82, 2.24) is 14.7 Å². The molecule has 0 N–H and O–H groups in total. The minimum atomic E-state index is -0.458. The standard InChI is InChI=1S/C17H19N3O6/c1-12(21)2-3-13(22)18(8-10-19-14(23)4-5-15(19)24)9-11-20-16(25)6-7-17(20)26/h4-7H,2-3,8-11H2,1H3. The lowest BCUT2D eigenvalue weighted by atomic mass is 10.2. The molecule has 9 heteroatoms. The second-order valence-corrected chi connectivity index (χ2v) is 5.91. The van der Waals surface area contributed by atoms with E-state index in [9.17, 15) is 28.8 Å². The van der Waals surface area contributed by atoms with Crippen molar-refractivity contribution in [3.63, 3.8) is 0 Å². The second kappa shape index (κ2) is 8.32. The summed E-state index contributed by atoms with van der Waals surface area (Å²) in [6, 6.07) is 0. The van der Waals surface area contributed by atoms with Crippen LogP contribution in [0.15, 0.2) is 24.3 Å². The highest BCUT2D eigenvalue weighted by Gasteiger charge is 2.27. The third-order valence-corrected chi connectivity index (χ3v) is 4.03. The van der Waals surface area contributed by atoms with Crippen LogP contribution in [0.3, 0.4) is 0 Å². The molecule has 0 bridgehead atoms. The molecule has 0 saturated carbocycles. The first-order valence-electron chi connectivity index (χ1n) is 8.14. The lowest BCUT2D eigenvalue weighted by Gasteiger charge is -2.26. The Bertz CT molecular complexity index is 642. The molecule has 2 heterocycles. The SMILES string of the molecule is CC(=O)CCC(=O)N(CCN1C(=O)C=CC1=O)CCN1C(=O)C=CC1=O. The number of amides is 5. The molecule has 0 aromatic rings. The first-order valence-corrected chi connectivity index (χ1v) is 8.14. The van der Waals surface area contributed by atoms with Gasteiger partial charge in [-0.15, -0.1) is 0 Å². The maximum Gasteiger partial charge on any atom is 0.253 e. The number of ketones is 1. The van der Waals surface area contributed by atoms with Gasteiger partial charge in [-0.3, -0.25) is 33.8 Å². The average Bonchev–Trinajstić information content (AvgIpc) is 3.08. The van der Waals surface area contributed by atoms with Gasteiger partial charge in [-0.25, -0.2) is 0 Å². The highest BCUT2D eigenvalue weighted by Crippen LogP contribution is 2.08. The van der Waals surface area contributed by atoms with E-state index in [-0.39, 0.29) is 50.7 Å². The topological polar surface area (TPSA) is 112 Å². The predicted octanol–water partition coefficient (Wildman–Crippen LogP) is -0.966. The Morgan fingerprint density at radius 2 is 1.15 bits per heavy atom. The third kappa shape index (κ3) is 4.71. The molecule has 0 fully saturated rings. The summed E-state index contributed by atoms with van der Waals surface area (Å²) in [6.07, 6.45) is 4.65. The van der Waals surface area contributed by atoms with Gasteiger partial charge in [0.05, 0.1) is 0 Å². The lowest BCUT2D eigenvalue weighted by Crippen LogP contribution is -2.45. The summed E-state index contributed by atoms with van der Waals surface area (Å²) in [7, 11) is 0. The van der Waals surface area contributed by atoms with Gasteiger partial charge in [0, 0.05) is 63.3 Å². The molecule has 0 aromatic carbocycles. The number of rotatable bonds is 9. The largest absolute Gasteiger partial charge is 0.339 e. The van der Waals surface area contributed by atoms with Crippen LogP contribution >= 0.6 is 0 Å². The Morgan fingerprint density at radius 3 is 1.50 bits per heavy atom. The molecule has 9 nitrogen and oxygen atoms in total. The number of hydrogen-bond donors (Lipinski definition) is 0. The molecule has 138 valence electrons. The van der Waals surface area contributed by atoms with E-state index in [0.29, 0.717) is 0 Å². The van der Waals surface area contributed by atoms with E-state index in [1.165, 1.54) is 11.8 Å². The first kappa shape index (κ1) is 19.2. The summed E-state index contributed by atoms with van der Waals surface area (Å²) < 4.78 is 0. The van der Waals surface area contributed by atoms with Crippen molar-refractivity contribution >= 4 is 35.3 Å². The van der Waals surface area contributed by atoms with Gasteiger partial charge in [0.2, 0.25) is 5.91 Å². The molecular formula is C17H19N3O6. The molecule has 5 amide bonds. The fourth-order valence-corrected chi connectivity index (χ4v) is 2.55. The van der Waals surface area contributed by atoms with E-state index in [0.717, 1.165) is 34.1 Å². The van der Waals surface area contributed by atoms with Crippen molar-refractivity contribution in [1.29, 1.82) is 0 Å². The minimum Gasteiger partial charge on any atom is -0.339 e. The molecule has 0 atom stereocenters. The molecule has 0 unspecified atom stereocenters. The van der Waals surface area contributed by atoms with E-state index in [2.05, 4.69) is 0 Å². The summed E-state index contributed by atoms with van der Waals surface area (Å²) in [6.45, 7) is 1.48. The molecule has 2 rings (SSSR count). The van der Waals surface area contributed by atoms with Gasteiger partial charge in [0.1, 0.15) is 5.78 Å². The maximum absolute atomic E-state index is 12.3. The van der Waals surface area contributed by atoms with Crippen LogP contribution in [0.5, 0.6) is 0 Å². The van der Waals surface area contributed by atoms with Crippen LogP contribution in [0.1, 0.15) is 19.8 Å². The summed E-state index contributed by atoms with van der Waals surface area (Å²) in [5.41, 5.74) is 0. The Labute approximate surface area is 149 Å². The number of hydrogen-bond acceptors (Lipinski definition) is 6. The van der Waals surface area contributed by atoms with Crippen molar-refractivity contribution < 1.29 is 28.8 Å². The monoisotopic (exact) mass is 361 g/mol. The lowest BCUT2D eigenvalue weighted by molar-refractivity contribution is -0.140. The van der Waals surface area contributed by atoms with Crippen LogP contribution in [0.25, 0.3) is 0 Å². The molecule has 0 saturated heterocycles. The summed E-state index contributed by atoms with van der Waals surface area (Å²) in [4.78, 5) is 73.2. The van der Waals surface area contributed by atoms with Crippen LogP contribution in [-0.4, -0.2) is 76.2 Å². The van der Waals surface area contributed by atoms with Gasteiger partial charge in [-0.05, 0) is 6.92 Å². The molecule has 26 heavy (non-hydrogen) atoms. The van der Waals surface area contributed by atoms with Gasteiger partial charge >= 0.3 is 0 Å². The van der Waals surface area contributed by atoms with E-state index in [4.69, 9.17) is 0 Å². The zero-order chi connectivity index (χ0) is 19.3. The van der Waals surface area contributed by atoms with Gasteiger partial charge in [0.25, 0.3) is 23.6 Å². The van der Waals surface area contributed by atoms with E-state index >= 15 is 0 Å². The van der Waals surface area contributed by atoms with Crippen molar-refractivity contribution in [2.75, 3.05) is 26.2 Å². The number of imide groups is 2. The number of Topliss-reactive ketones (excluding diaryl/α,β-unsaturated/α-hetero) is 1. The van der Waals surface area contributed by atoms with E-state index in [1.54, 1.807) is 0 Å². The van der Waals surface area contributed by atoms with Crippen molar-refractivity contribution in [3.05, 3.63) is 24.3 Å². The number of carbonyl (C=O) groups excluding carboxylic acids is 6. The van der Waals surface area contributed by atoms with Crippen molar-refractivity contribution in [2.45, 2.75) is 19.8 Å². The normalized spacial score (nSPS) is 16.2. The Morgan fingerprint density at radius 1 is 0.769 bits per heavy atom. The van der Waals surface area contributed by atoms with Crippen LogP contribution in [-0.2, 0) is 28.8 Å². The molecule has 0 radical (unpaired) electrons. The second-order valence-electron chi connectivity index (χ2n) is 5.91. The van der Waals surface area contributed by atoms with Crippen LogP contribution in [0.4, 0.5) is 0 Å². The van der Waals surface area contributed by atoms with Gasteiger partial charge in [0.15, 0.2) is 0 Å².